The molecule has 0 saturated carbocycles. The maximum Gasteiger partial charge on any atom is 0.425 e. The summed E-state index contributed by atoms with van der Waals surface area (Å²) in [4.78, 5) is 81.8. The van der Waals surface area contributed by atoms with Gasteiger partial charge in [0, 0.05) is 0 Å². The summed E-state index contributed by atoms with van der Waals surface area (Å²) in [6.45, 7) is 23.2. The van der Waals surface area contributed by atoms with Gasteiger partial charge < -0.3 is 28.4 Å². The van der Waals surface area contributed by atoms with Crippen molar-refractivity contribution in [1.29, 1.82) is 0 Å². The van der Waals surface area contributed by atoms with E-state index in [0.717, 1.165) is 0 Å². The van der Waals surface area contributed by atoms with E-state index in [9.17, 15) is 37.2 Å². The minimum absolute atomic E-state index is 0.0371. The molecule has 0 aliphatic heterocycles. The number of aliphatic imine (C=N–C) groups is 1. The Labute approximate surface area is 374 Å². The van der Waals surface area contributed by atoms with Crippen LogP contribution >= 0.6 is 11.6 Å². The number of hydrogen-bond acceptors (Lipinski definition) is 15. The van der Waals surface area contributed by atoms with E-state index in [-0.39, 0.29) is 33.5 Å². The fraction of sp³-hybridized carbons (Fsp3) is 0.548. The molecule has 2 rings (SSSR count). The maximum absolute atomic E-state index is 13.9. The smallest absolute Gasteiger partial charge is 0.425 e. The van der Waals surface area contributed by atoms with Gasteiger partial charge in [-0.1, -0.05) is 17.7 Å². The molecule has 0 fully saturated rings. The van der Waals surface area contributed by atoms with Crippen LogP contribution < -0.4 is 20.1 Å². The average molecular weight is 926 g/mol. The summed E-state index contributed by atoms with van der Waals surface area (Å²) in [5.74, 6) is -3.34. The zero-order valence-electron chi connectivity index (χ0n) is 38.4. The molecule has 0 aliphatic carbocycles. The number of carbonyl (C=O) groups is 6. The van der Waals surface area contributed by atoms with E-state index in [4.69, 9.17) is 40.0 Å². The van der Waals surface area contributed by atoms with Gasteiger partial charge in [-0.25, -0.2) is 24.2 Å². The molecule has 2 aromatic rings. The van der Waals surface area contributed by atoms with Crippen LogP contribution in [0.2, 0.25) is 5.02 Å². The van der Waals surface area contributed by atoms with Crippen LogP contribution in [0.4, 0.5) is 20.1 Å². The fourth-order valence-electron chi connectivity index (χ4n) is 4.64. The average Bonchev–Trinajstić information content (AvgIpc) is 3.03. The summed E-state index contributed by atoms with van der Waals surface area (Å²) in [6, 6.07) is 7.54. The van der Waals surface area contributed by atoms with E-state index < -0.39 is 93.4 Å². The molecular weight excluding hydrogens is 866 g/mol. The lowest BCUT2D eigenvalue weighted by atomic mass is 10.1. The number of ether oxygens (including phenoxy) is 6. The van der Waals surface area contributed by atoms with Crippen LogP contribution in [-0.4, -0.2) is 88.9 Å². The molecule has 21 heteroatoms. The molecule has 0 spiro atoms. The normalized spacial score (nSPS) is 12.8. The third kappa shape index (κ3) is 21.0. The third-order valence-electron chi connectivity index (χ3n) is 6.77. The minimum Gasteiger partial charge on any atom is -0.460 e. The molecular formula is C42H60ClN5O14S. The molecule has 0 radical (unpaired) electrons. The number of benzene rings is 2. The molecule has 0 aliphatic rings. The zero-order chi connectivity index (χ0) is 48.5. The standard InChI is InChI=1S/C42H60ClN5O14S/c1-38(2,3)58-31(49)23-29(33(51)59-39(4,5)6)47-63(55,56)48(37(54)62-42(13,14)15)24-25-16-21-30(28(43)22-25)57-32(50)26-17-19-27(20-18-26)44-34(45-35(52)60-40(7,8)9)46-36(53)61-41(10,11)12/h16-22,29,47H,23-24H2,1-15H3,(H2,44,45,46,52,53). The topological polar surface area (TPSA) is 244 Å². The van der Waals surface area contributed by atoms with Crippen molar-refractivity contribution in [3.8, 4) is 5.75 Å². The Morgan fingerprint density at radius 2 is 1.14 bits per heavy atom. The molecule has 0 heterocycles. The highest BCUT2D eigenvalue weighted by Gasteiger charge is 2.38. The van der Waals surface area contributed by atoms with Crippen molar-refractivity contribution < 1.29 is 65.6 Å². The second-order valence-electron chi connectivity index (χ2n) is 18.9. The zero-order valence-corrected chi connectivity index (χ0v) is 40.0. The Bertz CT molecular complexity index is 2110. The van der Waals surface area contributed by atoms with E-state index in [1.54, 1.807) is 83.1 Å². The number of amides is 3. The van der Waals surface area contributed by atoms with Crippen molar-refractivity contribution in [1.82, 2.24) is 19.7 Å². The van der Waals surface area contributed by atoms with E-state index in [1.807, 2.05) is 0 Å². The highest BCUT2D eigenvalue weighted by Crippen LogP contribution is 2.28. The second-order valence-corrected chi connectivity index (χ2v) is 20.9. The van der Waals surface area contributed by atoms with Crippen LogP contribution in [0.1, 0.15) is 126 Å². The number of rotatable bonds is 11. The number of guanidine groups is 1. The Kier molecular flexibility index (Phi) is 17.7. The van der Waals surface area contributed by atoms with Crippen LogP contribution in [0.15, 0.2) is 47.5 Å². The highest BCUT2D eigenvalue weighted by atomic mass is 35.5. The van der Waals surface area contributed by atoms with Gasteiger partial charge in [0.25, 0.3) is 0 Å². The van der Waals surface area contributed by atoms with Gasteiger partial charge in [-0.15, -0.1) is 0 Å². The number of nitrogens with zero attached hydrogens (tertiary/aromatic N) is 2. The fourth-order valence-corrected chi connectivity index (χ4v) is 6.10. The van der Waals surface area contributed by atoms with Crippen LogP contribution in [-0.2, 0) is 50.0 Å². The SMILES string of the molecule is CC(C)(C)OC(=O)CC(NS(=O)(=O)N(Cc1ccc(OC(=O)c2ccc(N=C(NC(=O)OC(C)(C)C)NC(=O)OC(C)(C)C)cc2)c(Cl)c1)C(=O)OC(C)(C)C)C(=O)OC(C)(C)C. The van der Waals surface area contributed by atoms with Crippen molar-refractivity contribution in [3.63, 3.8) is 0 Å². The van der Waals surface area contributed by atoms with Gasteiger partial charge in [0.1, 0.15) is 39.8 Å². The Balaban J connectivity index is 2.39. The van der Waals surface area contributed by atoms with E-state index >= 15 is 0 Å². The number of esters is 3. The van der Waals surface area contributed by atoms with Gasteiger partial charge >= 0.3 is 46.4 Å². The first-order valence-corrected chi connectivity index (χ1v) is 21.4. The van der Waals surface area contributed by atoms with Crippen LogP contribution in [0.5, 0.6) is 5.75 Å². The number of nitrogens with one attached hydrogen (secondary N) is 3. The van der Waals surface area contributed by atoms with Crippen molar-refractivity contribution in [2.75, 3.05) is 0 Å². The Hall–Kier alpha value is -5.47. The minimum atomic E-state index is -4.99. The van der Waals surface area contributed by atoms with Crippen LogP contribution in [0.3, 0.4) is 0 Å². The molecule has 0 aromatic heterocycles. The van der Waals surface area contributed by atoms with Gasteiger partial charge in [-0.2, -0.15) is 17.4 Å². The van der Waals surface area contributed by atoms with Crippen molar-refractivity contribution in [2.45, 2.75) is 151 Å². The number of alkyl carbamates (subject to hydrolysis) is 2. The third-order valence-corrected chi connectivity index (χ3v) is 8.50. The first kappa shape index (κ1) is 53.7. The van der Waals surface area contributed by atoms with Gasteiger partial charge in [-0.05, 0) is 146 Å². The molecule has 1 unspecified atom stereocenters. The number of halogens is 1. The summed E-state index contributed by atoms with van der Waals surface area (Å²) in [7, 11) is -4.99. The molecule has 0 bridgehead atoms. The molecule has 0 saturated heterocycles. The van der Waals surface area contributed by atoms with Gasteiger partial charge in [0.05, 0.1) is 29.2 Å². The number of carbonyl (C=O) groups excluding carboxylic acids is 6. The summed E-state index contributed by atoms with van der Waals surface area (Å²) in [5, 5.41) is 4.56. The quantitative estimate of drug-likeness (QED) is 0.0646. The Morgan fingerprint density at radius 1 is 0.667 bits per heavy atom. The maximum atomic E-state index is 13.9. The molecule has 3 N–H and O–H groups in total. The predicted molar refractivity (Wildman–Crippen MR) is 233 cm³/mol. The van der Waals surface area contributed by atoms with Crippen LogP contribution in [0, 0.1) is 0 Å². The van der Waals surface area contributed by atoms with Crippen molar-refractivity contribution >= 4 is 69.6 Å². The lowest BCUT2D eigenvalue weighted by Gasteiger charge is -2.29. The predicted octanol–water partition coefficient (Wildman–Crippen LogP) is 7.61. The molecule has 63 heavy (non-hydrogen) atoms. The van der Waals surface area contributed by atoms with Crippen molar-refractivity contribution in [2.24, 2.45) is 4.99 Å². The first-order valence-electron chi connectivity index (χ1n) is 19.6. The van der Waals surface area contributed by atoms with Gasteiger partial charge in [0.2, 0.25) is 5.96 Å². The summed E-state index contributed by atoms with van der Waals surface area (Å²) in [6.07, 6.45) is -3.91. The monoisotopic (exact) mass is 925 g/mol. The molecule has 3 amide bonds. The summed E-state index contributed by atoms with van der Waals surface area (Å²) < 4.78 is 62.3. The van der Waals surface area contributed by atoms with Gasteiger partial charge in [0.15, 0.2) is 0 Å². The van der Waals surface area contributed by atoms with Gasteiger partial charge in [-0.3, -0.25) is 20.2 Å². The molecule has 350 valence electrons. The summed E-state index contributed by atoms with van der Waals surface area (Å²) in [5.41, 5.74) is -4.57. The van der Waals surface area contributed by atoms with E-state index in [2.05, 4.69) is 20.3 Å². The lowest BCUT2D eigenvalue weighted by molar-refractivity contribution is -0.164. The number of hydrogen-bond donors (Lipinski definition) is 3. The van der Waals surface area contributed by atoms with Crippen molar-refractivity contribution in [3.05, 3.63) is 58.6 Å². The molecule has 2 aromatic carbocycles. The Morgan fingerprint density at radius 3 is 1.59 bits per heavy atom. The second kappa shape index (κ2) is 20.8. The molecule has 1 atom stereocenters. The van der Waals surface area contributed by atoms with E-state index in [0.29, 0.717) is 4.31 Å². The first-order chi connectivity index (χ1) is 28.4. The lowest BCUT2D eigenvalue weighted by Crippen LogP contribution is -2.52. The molecule has 19 nitrogen and oxygen atoms in total. The highest BCUT2D eigenvalue weighted by molar-refractivity contribution is 7.87. The largest absolute Gasteiger partial charge is 0.460 e. The summed E-state index contributed by atoms with van der Waals surface area (Å²) >= 11 is 6.49. The van der Waals surface area contributed by atoms with Crippen LogP contribution in [0.25, 0.3) is 0 Å². The van der Waals surface area contributed by atoms with E-state index in [1.165, 1.54) is 63.2 Å².